The summed E-state index contributed by atoms with van der Waals surface area (Å²) in [5.74, 6) is -2.39. The molecule has 0 saturated heterocycles. The lowest BCUT2D eigenvalue weighted by molar-refractivity contribution is -0.259. The summed E-state index contributed by atoms with van der Waals surface area (Å²) in [4.78, 5) is 14.9. The molecule has 6 heteroatoms. The molecule has 0 saturated carbocycles. The van der Waals surface area contributed by atoms with Gasteiger partial charge in [0, 0.05) is 16.7 Å². The number of hydrogen-bond acceptors (Lipinski definition) is 5. The van der Waals surface area contributed by atoms with Gasteiger partial charge in [0.1, 0.15) is 5.75 Å². The van der Waals surface area contributed by atoms with Gasteiger partial charge in [-0.15, -0.1) is 0 Å². The summed E-state index contributed by atoms with van der Waals surface area (Å²) < 4.78 is 6.05. The molecule has 0 aliphatic heterocycles. The molecule has 4 aromatic rings. The van der Waals surface area contributed by atoms with Crippen LogP contribution in [0.15, 0.2) is 95.7 Å². The molecule has 0 aliphatic carbocycles. The highest BCUT2D eigenvalue weighted by Gasteiger charge is 2.38. The van der Waals surface area contributed by atoms with E-state index in [1.807, 2.05) is 53.2 Å². The van der Waals surface area contributed by atoms with Gasteiger partial charge in [0.15, 0.2) is 0 Å². The zero-order chi connectivity index (χ0) is 26.1. The van der Waals surface area contributed by atoms with Gasteiger partial charge < -0.3 is 14.9 Å². The van der Waals surface area contributed by atoms with Crippen LogP contribution < -0.4 is 4.74 Å². The van der Waals surface area contributed by atoms with Crippen LogP contribution in [-0.2, 0) is 12.5 Å². The summed E-state index contributed by atoms with van der Waals surface area (Å²) in [6.07, 6.45) is 4.34. The van der Waals surface area contributed by atoms with E-state index in [9.17, 15) is 15.0 Å². The number of nitrogens with zero attached hydrogens (tertiary/aromatic N) is 1. The largest absolute Gasteiger partial charge is 0.493 e. The molecule has 4 rings (SSSR count). The lowest BCUT2D eigenvalue weighted by Gasteiger charge is -2.36. The molecule has 37 heavy (non-hydrogen) atoms. The Morgan fingerprint density at radius 2 is 1.59 bits per heavy atom. The van der Waals surface area contributed by atoms with Crippen molar-refractivity contribution < 1.29 is 19.7 Å². The summed E-state index contributed by atoms with van der Waals surface area (Å²) in [5.41, 5.74) is 3.34. The normalized spacial score (nSPS) is 11.3. The number of unbranched alkanes of at least 4 members (excludes halogenated alkanes) is 3. The Morgan fingerprint density at radius 3 is 2.30 bits per heavy atom. The van der Waals surface area contributed by atoms with Crippen molar-refractivity contribution in [1.82, 2.24) is 4.90 Å². The number of amides is 1. The van der Waals surface area contributed by atoms with Gasteiger partial charge in [-0.3, -0.25) is 9.69 Å². The minimum absolute atomic E-state index is 0.0435. The molecule has 0 fully saturated rings. The second kappa shape index (κ2) is 12.7. The van der Waals surface area contributed by atoms with E-state index in [1.54, 1.807) is 53.8 Å². The van der Waals surface area contributed by atoms with Crippen molar-refractivity contribution in [2.75, 3.05) is 6.61 Å². The van der Waals surface area contributed by atoms with Gasteiger partial charge in [0.2, 0.25) is 0 Å². The molecule has 0 unspecified atom stereocenters. The number of hydrogen-bond donors (Lipinski definition) is 2. The predicted octanol–water partition coefficient (Wildman–Crippen LogP) is 6.81. The van der Waals surface area contributed by atoms with Crippen molar-refractivity contribution in [3.05, 3.63) is 112 Å². The van der Waals surface area contributed by atoms with Crippen molar-refractivity contribution in [2.24, 2.45) is 0 Å². The van der Waals surface area contributed by atoms with Crippen LogP contribution in [0.1, 0.15) is 54.1 Å². The number of aliphatic hydroxyl groups is 2. The number of ether oxygens (including phenoxy) is 1. The average molecular weight is 516 g/mol. The van der Waals surface area contributed by atoms with Crippen LogP contribution in [0.3, 0.4) is 0 Å². The smallest absolute Gasteiger partial charge is 0.278 e. The number of benzene rings is 3. The van der Waals surface area contributed by atoms with Crippen molar-refractivity contribution in [2.45, 2.75) is 45.1 Å². The zero-order valence-electron chi connectivity index (χ0n) is 21.0. The third-order valence-corrected chi connectivity index (χ3v) is 7.01. The molecule has 0 radical (unpaired) electrons. The van der Waals surface area contributed by atoms with Crippen molar-refractivity contribution >= 4 is 17.2 Å². The molecule has 0 aliphatic rings. The summed E-state index contributed by atoms with van der Waals surface area (Å²) >= 11 is 1.61. The number of carbonyl (C=O) groups excluding carboxylic acids is 1. The van der Waals surface area contributed by atoms with E-state index in [-0.39, 0.29) is 12.1 Å². The third kappa shape index (κ3) is 6.66. The highest BCUT2D eigenvalue weighted by atomic mass is 32.1. The maximum atomic E-state index is 13.8. The minimum atomic E-state index is -2.53. The maximum Gasteiger partial charge on any atom is 0.278 e. The minimum Gasteiger partial charge on any atom is -0.493 e. The van der Waals surface area contributed by atoms with Gasteiger partial charge in [-0.2, -0.15) is 11.3 Å². The third-order valence-electron chi connectivity index (χ3n) is 6.33. The van der Waals surface area contributed by atoms with Gasteiger partial charge in [-0.1, -0.05) is 86.8 Å². The van der Waals surface area contributed by atoms with E-state index in [1.165, 1.54) is 0 Å². The fraction of sp³-hybridized carbons (Fsp3) is 0.258. The monoisotopic (exact) mass is 515 g/mol. The van der Waals surface area contributed by atoms with Crippen LogP contribution >= 0.6 is 11.3 Å². The molecule has 2 N–H and O–H groups in total. The Hall–Kier alpha value is -3.45. The lowest BCUT2D eigenvalue weighted by Crippen LogP contribution is -2.49. The summed E-state index contributed by atoms with van der Waals surface area (Å²) in [6.45, 7) is 2.69. The Kier molecular flexibility index (Phi) is 9.12. The van der Waals surface area contributed by atoms with Crippen LogP contribution in [0, 0.1) is 0 Å². The van der Waals surface area contributed by atoms with E-state index in [2.05, 4.69) is 6.92 Å². The molecular formula is C31H33NO4S. The number of rotatable bonds is 12. The Bertz CT molecular complexity index is 1250. The fourth-order valence-electron chi connectivity index (χ4n) is 4.19. The molecule has 0 spiro atoms. The Balaban J connectivity index is 1.63. The first-order chi connectivity index (χ1) is 18.0. The highest BCUT2D eigenvalue weighted by molar-refractivity contribution is 7.08. The van der Waals surface area contributed by atoms with Crippen LogP contribution in [0.4, 0.5) is 0 Å². The highest BCUT2D eigenvalue weighted by Crippen LogP contribution is 2.30. The molecule has 1 aromatic heterocycles. The zero-order valence-corrected chi connectivity index (χ0v) is 21.9. The van der Waals surface area contributed by atoms with Crippen LogP contribution in [0.2, 0.25) is 0 Å². The molecule has 0 bridgehead atoms. The SMILES string of the molecule is CCCCCCOc1ccccc1CN(C(=O)c1ccc(-c2ccsc2)cc1)C(O)(O)c1ccccc1. The average Bonchev–Trinajstić information content (AvgIpc) is 3.48. The van der Waals surface area contributed by atoms with Gasteiger partial charge in [0.25, 0.3) is 11.8 Å². The van der Waals surface area contributed by atoms with E-state index < -0.39 is 11.8 Å². The quantitative estimate of drug-likeness (QED) is 0.161. The molecule has 192 valence electrons. The van der Waals surface area contributed by atoms with E-state index >= 15 is 0 Å². The number of para-hydroxylation sites is 1. The van der Waals surface area contributed by atoms with E-state index in [4.69, 9.17) is 4.74 Å². The second-order valence-electron chi connectivity index (χ2n) is 9.00. The van der Waals surface area contributed by atoms with E-state index in [0.29, 0.717) is 23.5 Å². The van der Waals surface area contributed by atoms with Crippen LogP contribution in [0.25, 0.3) is 11.1 Å². The van der Waals surface area contributed by atoms with Crippen molar-refractivity contribution in [3.63, 3.8) is 0 Å². The summed E-state index contributed by atoms with van der Waals surface area (Å²) in [6, 6.07) is 25.1. The van der Waals surface area contributed by atoms with Gasteiger partial charge >= 0.3 is 0 Å². The van der Waals surface area contributed by atoms with Crippen molar-refractivity contribution in [1.29, 1.82) is 0 Å². The van der Waals surface area contributed by atoms with Crippen LogP contribution in [0.5, 0.6) is 5.75 Å². The molecule has 0 atom stereocenters. The molecule has 5 nitrogen and oxygen atoms in total. The predicted molar refractivity (Wildman–Crippen MR) is 148 cm³/mol. The van der Waals surface area contributed by atoms with Gasteiger partial charge in [-0.05, 0) is 52.6 Å². The number of thiophene rings is 1. The number of carbonyl (C=O) groups is 1. The fourth-order valence-corrected chi connectivity index (χ4v) is 4.85. The van der Waals surface area contributed by atoms with Crippen molar-refractivity contribution in [3.8, 4) is 16.9 Å². The van der Waals surface area contributed by atoms with Crippen LogP contribution in [-0.4, -0.2) is 27.6 Å². The van der Waals surface area contributed by atoms with E-state index in [0.717, 1.165) is 41.7 Å². The first-order valence-corrected chi connectivity index (χ1v) is 13.6. The summed E-state index contributed by atoms with van der Waals surface area (Å²) in [7, 11) is 0. The topological polar surface area (TPSA) is 70.0 Å². The first kappa shape index (κ1) is 26.6. The maximum absolute atomic E-state index is 13.8. The standard InChI is InChI=1S/C31H33NO4S/c1-2-3-4-10-20-36-29-14-9-8-11-26(29)22-32(31(34,35)28-12-6-5-7-13-28)30(33)25-17-15-24(16-18-25)27-19-21-37-23-27/h5-9,11-19,21,23,34-35H,2-4,10,20,22H2,1H3. The van der Waals surface area contributed by atoms with Gasteiger partial charge in [0.05, 0.1) is 13.2 Å². The second-order valence-corrected chi connectivity index (χ2v) is 9.78. The molecule has 1 amide bonds. The Morgan fingerprint density at radius 1 is 0.865 bits per heavy atom. The lowest BCUT2D eigenvalue weighted by atomic mass is 10.0. The molecular weight excluding hydrogens is 482 g/mol. The van der Waals surface area contributed by atoms with Gasteiger partial charge in [-0.25, -0.2) is 0 Å². The first-order valence-electron chi connectivity index (χ1n) is 12.7. The summed E-state index contributed by atoms with van der Waals surface area (Å²) in [5, 5.41) is 26.7. The molecule has 1 heterocycles. The molecule has 3 aromatic carbocycles. The Labute approximate surface area is 222 Å².